The fourth-order valence-corrected chi connectivity index (χ4v) is 1.46. The van der Waals surface area contributed by atoms with E-state index in [1.54, 1.807) is 0 Å². The van der Waals surface area contributed by atoms with E-state index in [1.165, 1.54) is 12.0 Å². The summed E-state index contributed by atoms with van der Waals surface area (Å²) in [7, 11) is 0. The van der Waals surface area contributed by atoms with Crippen LogP contribution in [0.5, 0.6) is 0 Å². The standard InChI is InChI=1S/C9H17NO/c1-7(2)6-9(11)8-4-3-5-10-8/h6,8-11H,3-5H2,1-2H3/t8-,9?/m1/s1. The molecular weight excluding hydrogens is 138 g/mol. The molecule has 0 aromatic carbocycles. The van der Waals surface area contributed by atoms with Gasteiger partial charge in [0.05, 0.1) is 6.10 Å². The molecule has 0 saturated carbocycles. The second-order valence-electron chi connectivity index (χ2n) is 3.44. The van der Waals surface area contributed by atoms with Gasteiger partial charge in [-0.2, -0.15) is 0 Å². The predicted octanol–water partition coefficient (Wildman–Crippen LogP) is 1.07. The molecule has 1 saturated heterocycles. The molecule has 1 rings (SSSR count). The van der Waals surface area contributed by atoms with E-state index >= 15 is 0 Å². The fourth-order valence-electron chi connectivity index (χ4n) is 1.46. The zero-order chi connectivity index (χ0) is 8.27. The van der Waals surface area contributed by atoms with Crippen molar-refractivity contribution in [2.45, 2.75) is 38.8 Å². The van der Waals surface area contributed by atoms with Gasteiger partial charge in [0, 0.05) is 6.04 Å². The molecule has 0 radical (unpaired) electrons. The van der Waals surface area contributed by atoms with Crippen LogP contribution in [0.2, 0.25) is 0 Å². The molecule has 2 atom stereocenters. The Balaban J connectivity index is 2.40. The average Bonchev–Trinajstić information content (AvgIpc) is 2.35. The van der Waals surface area contributed by atoms with Crippen LogP contribution in [0.25, 0.3) is 0 Å². The van der Waals surface area contributed by atoms with Crippen LogP contribution in [0.4, 0.5) is 0 Å². The first kappa shape index (κ1) is 8.75. The third kappa shape index (κ3) is 2.64. The Morgan fingerprint density at radius 2 is 2.36 bits per heavy atom. The Morgan fingerprint density at radius 3 is 2.82 bits per heavy atom. The quantitative estimate of drug-likeness (QED) is 0.584. The van der Waals surface area contributed by atoms with Gasteiger partial charge in [0.15, 0.2) is 0 Å². The Kier molecular flexibility index (Phi) is 3.09. The highest BCUT2D eigenvalue weighted by atomic mass is 16.3. The van der Waals surface area contributed by atoms with Gasteiger partial charge in [-0.15, -0.1) is 0 Å². The van der Waals surface area contributed by atoms with Gasteiger partial charge in [0.25, 0.3) is 0 Å². The van der Waals surface area contributed by atoms with Crippen LogP contribution in [0, 0.1) is 0 Å². The molecule has 0 aliphatic carbocycles. The monoisotopic (exact) mass is 155 g/mol. The van der Waals surface area contributed by atoms with E-state index in [2.05, 4.69) is 5.32 Å². The number of rotatable bonds is 2. The fraction of sp³-hybridized carbons (Fsp3) is 0.778. The third-order valence-corrected chi connectivity index (χ3v) is 2.01. The summed E-state index contributed by atoms with van der Waals surface area (Å²) >= 11 is 0. The predicted molar refractivity (Wildman–Crippen MR) is 46.5 cm³/mol. The molecule has 11 heavy (non-hydrogen) atoms. The lowest BCUT2D eigenvalue weighted by molar-refractivity contribution is 0.180. The van der Waals surface area contributed by atoms with Crippen molar-refractivity contribution in [1.82, 2.24) is 5.32 Å². The summed E-state index contributed by atoms with van der Waals surface area (Å²) in [5.74, 6) is 0. The van der Waals surface area contributed by atoms with Crippen LogP contribution in [0.15, 0.2) is 11.6 Å². The van der Waals surface area contributed by atoms with Gasteiger partial charge >= 0.3 is 0 Å². The van der Waals surface area contributed by atoms with E-state index in [9.17, 15) is 5.11 Å². The maximum Gasteiger partial charge on any atom is 0.0876 e. The van der Waals surface area contributed by atoms with Gasteiger partial charge in [-0.25, -0.2) is 0 Å². The summed E-state index contributed by atoms with van der Waals surface area (Å²) in [6, 6.07) is 0.296. The van der Waals surface area contributed by atoms with Crippen LogP contribution in [-0.2, 0) is 0 Å². The minimum atomic E-state index is -0.289. The molecule has 1 fully saturated rings. The highest BCUT2D eigenvalue weighted by Gasteiger charge is 2.20. The summed E-state index contributed by atoms with van der Waals surface area (Å²) in [6.07, 6.45) is 3.93. The van der Waals surface area contributed by atoms with Crippen molar-refractivity contribution >= 4 is 0 Å². The highest BCUT2D eigenvalue weighted by molar-refractivity contribution is 5.02. The normalized spacial score (nSPS) is 26.6. The maximum atomic E-state index is 9.58. The van der Waals surface area contributed by atoms with Crippen LogP contribution in [0.1, 0.15) is 26.7 Å². The van der Waals surface area contributed by atoms with E-state index in [1.807, 2.05) is 19.9 Å². The number of hydrogen-bond donors (Lipinski definition) is 2. The maximum absolute atomic E-state index is 9.58. The summed E-state index contributed by atoms with van der Waals surface area (Å²) in [5, 5.41) is 12.8. The van der Waals surface area contributed by atoms with Crippen molar-refractivity contribution in [3.8, 4) is 0 Å². The van der Waals surface area contributed by atoms with Crippen molar-refractivity contribution < 1.29 is 5.11 Å². The summed E-state index contributed by atoms with van der Waals surface area (Å²) in [6.45, 7) is 5.08. The Morgan fingerprint density at radius 1 is 1.64 bits per heavy atom. The van der Waals surface area contributed by atoms with Gasteiger partial charge in [-0.3, -0.25) is 0 Å². The molecule has 0 bridgehead atoms. The lowest BCUT2D eigenvalue weighted by atomic mass is 10.1. The first-order valence-corrected chi connectivity index (χ1v) is 4.26. The summed E-state index contributed by atoms with van der Waals surface area (Å²) in [4.78, 5) is 0. The second kappa shape index (κ2) is 3.88. The van der Waals surface area contributed by atoms with Crippen LogP contribution >= 0.6 is 0 Å². The van der Waals surface area contributed by atoms with Crippen LogP contribution in [0.3, 0.4) is 0 Å². The van der Waals surface area contributed by atoms with Gasteiger partial charge in [-0.1, -0.05) is 11.6 Å². The van der Waals surface area contributed by atoms with E-state index in [4.69, 9.17) is 0 Å². The van der Waals surface area contributed by atoms with Gasteiger partial charge < -0.3 is 10.4 Å². The zero-order valence-electron chi connectivity index (χ0n) is 7.30. The topological polar surface area (TPSA) is 32.3 Å². The Labute approximate surface area is 68.3 Å². The molecule has 1 aliphatic heterocycles. The van der Waals surface area contributed by atoms with E-state index in [0.29, 0.717) is 6.04 Å². The summed E-state index contributed by atoms with van der Waals surface area (Å²) in [5.41, 5.74) is 1.19. The van der Waals surface area contributed by atoms with Gasteiger partial charge in [0.1, 0.15) is 0 Å². The van der Waals surface area contributed by atoms with E-state index in [0.717, 1.165) is 13.0 Å². The first-order valence-electron chi connectivity index (χ1n) is 4.26. The lowest BCUT2D eigenvalue weighted by Gasteiger charge is -2.14. The number of aliphatic hydroxyl groups is 1. The van der Waals surface area contributed by atoms with Crippen molar-refractivity contribution in [1.29, 1.82) is 0 Å². The molecule has 0 amide bonds. The average molecular weight is 155 g/mol. The van der Waals surface area contributed by atoms with Gasteiger partial charge in [-0.05, 0) is 33.2 Å². The van der Waals surface area contributed by atoms with E-state index in [-0.39, 0.29) is 6.10 Å². The molecule has 0 spiro atoms. The van der Waals surface area contributed by atoms with Crippen LogP contribution in [-0.4, -0.2) is 23.8 Å². The molecule has 0 aromatic rings. The van der Waals surface area contributed by atoms with Crippen molar-refractivity contribution in [2.24, 2.45) is 0 Å². The molecule has 2 N–H and O–H groups in total. The molecular formula is C9H17NO. The molecule has 1 heterocycles. The number of hydrogen-bond acceptors (Lipinski definition) is 2. The van der Waals surface area contributed by atoms with Crippen molar-refractivity contribution in [2.75, 3.05) is 6.54 Å². The third-order valence-electron chi connectivity index (χ3n) is 2.01. The van der Waals surface area contributed by atoms with Gasteiger partial charge in [0.2, 0.25) is 0 Å². The SMILES string of the molecule is CC(C)=CC(O)[C@H]1CCCN1. The number of nitrogens with one attached hydrogen (secondary N) is 1. The molecule has 1 aliphatic rings. The van der Waals surface area contributed by atoms with Crippen molar-refractivity contribution in [3.05, 3.63) is 11.6 Å². The zero-order valence-corrected chi connectivity index (χ0v) is 7.30. The minimum Gasteiger partial charge on any atom is -0.387 e. The number of aliphatic hydroxyl groups excluding tert-OH is 1. The molecule has 0 aromatic heterocycles. The Bertz CT molecular complexity index is 144. The molecule has 2 nitrogen and oxygen atoms in total. The van der Waals surface area contributed by atoms with Crippen molar-refractivity contribution in [3.63, 3.8) is 0 Å². The molecule has 64 valence electrons. The minimum absolute atomic E-state index is 0.289. The van der Waals surface area contributed by atoms with Crippen LogP contribution < -0.4 is 5.32 Å². The lowest BCUT2D eigenvalue weighted by Crippen LogP contribution is -2.33. The molecule has 2 heteroatoms. The largest absolute Gasteiger partial charge is 0.387 e. The highest BCUT2D eigenvalue weighted by Crippen LogP contribution is 2.11. The first-order chi connectivity index (χ1) is 5.20. The number of allylic oxidation sites excluding steroid dienone is 1. The smallest absolute Gasteiger partial charge is 0.0876 e. The Hall–Kier alpha value is -0.340. The van der Waals surface area contributed by atoms with E-state index < -0.39 is 0 Å². The second-order valence-corrected chi connectivity index (χ2v) is 3.44. The summed E-state index contributed by atoms with van der Waals surface area (Å²) < 4.78 is 0. The molecule has 1 unspecified atom stereocenters.